The van der Waals surface area contributed by atoms with E-state index in [4.69, 9.17) is 23.2 Å². The van der Waals surface area contributed by atoms with Gasteiger partial charge in [0.15, 0.2) is 0 Å². The molecule has 0 saturated heterocycles. The zero-order valence-electron chi connectivity index (χ0n) is 13.8. The van der Waals surface area contributed by atoms with Gasteiger partial charge in [-0.1, -0.05) is 35.3 Å². The molecule has 0 radical (unpaired) electrons. The van der Waals surface area contributed by atoms with Crippen LogP contribution in [0.15, 0.2) is 54.9 Å². The maximum atomic E-state index is 13.3. The van der Waals surface area contributed by atoms with Crippen molar-refractivity contribution in [1.82, 2.24) is 14.5 Å². The Balaban J connectivity index is 1.68. The SMILES string of the molecule is CN(Cc1cccc(F)c1)Cc1nccn1Cc1cc(Cl)cc(Cl)c1. The molecule has 0 N–H and O–H groups in total. The summed E-state index contributed by atoms with van der Waals surface area (Å²) in [6, 6.07) is 12.2. The molecule has 25 heavy (non-hydrogen) atoms. The second kappa shape index (κ2) is 8.00. The van der Waals surface area contributed by atoms with Crippen molar-refractivity contribution < 1.29 is 4.39 Å². The van der Waals surface area contributed by atoms with Crippen LogP contribution in [0.2, 0.25) is 10.0 Å². The van der Waals surface area contributed by atoms with Crippen LogP contribution in [0, 0.1) is 5.82 Å². The number of benzene rings is 2. The Morgan fingerprint density at radius 1 is 1.04 bits per heavy atom. The summed E-state index contributed by atoms with van der Waals surface area (Å²) < 4.78 is 15.4. The van der Waals surface area contributed by atoms with Gasteiger partial charge >= 0.3 is 0 Å². The lowest BCUT2D eigenvalue weighted by Gasteiger charge is -2.17. The van der Waals surface area contributed by atoms with E-state index in [2.05, 4.69) is 14.5 Å². The van der Waals surface area contributed by atoms with Gasteiger partial charge in [0.25, 0.3) is 0 Å². The molecule has 3 nitrogen and oxygen atoms in total. The molecule has 0 bridgehead atoms. The van der Waals surface area contributed by atoms with Crippen molar-refractivity contribution in [3.05, 3.63) is 87.7 Å². The van der Waals surface area contributed by atoms with Crippen molar-refractivity contribution in [2.24, 2.45) is 0 Å². The molecule has 3 rings (SSSR count). The maximum absolute atomic E-state index is 13.3. The van der Waals surface area contributed by atoms with E-state index in [1.807, 2.05) is 31.4 Å². The van der Waals surface area contributed by atoms with E-state index in [0.29, 0.717) is 29.7 Å². The summed E-state index contributed by atoms with van der Waals surface area (Å²) in [5, 5.41) is 1.24. The van der Waals surface area contributed by atoms with Crippen molar-refractivity contribution in [2.45, 2.75) is 19.6 Å². The zero-order chi connectivity index (χ0) is 17.8. The van der Waals surface area contributed by atoms with Crippen LogP contribution in [0.25, 0.3) is 0 Å². The van der Waals surface area contributed by atoms with E-state index in [0.717, 1.165) is 17.0 Å². The van der Waals surface area contributed by atoms with Crippen LogP contribution in [-0.4, -0.2) is 21.5 Å². The summed E-state index contributed by atoms with van der Waals surface area (Å²) in [5.41, 5.74) is 1.95. The van der Waals surface area contributed by atoms with Crippen LogP contribution in [0.1, 0.15) is 17.0 Å². The van der Waals surface area contributed by atoms with Gasteiger partial charge in [-0.25, -0.2) is 9.37 Å². The molecular formula is C19H18Cl2FN3. The van der Waals surface area contributed by atoms with Gasteiger partial charge in [-0.3, -0.25) is 4.90 Å². The Kier molecular flexibility index (Phi) is 5.74. The minimum Gasteiger partial charge on any atom is -0.329 e. The zero-order valence-corrected chi connectivity index (χ0v) is 15.3. The van der Waals surface area contributed by atoms with Gasteiger partial charge in [0.2, 0.25) is 0 Å². The predicted octanol–water partition coefficient (Wildman–Crippen LogP) is 5.01. The normalized spacial score (nSPS) is 11.2. The minimum atomic E-state index is -0.217. The average Bonchev–Trinajstić information content (AvgIpc) is 2.93. The molecule has 0 aliphatic heterocycles. The Bertz CT molecular complexity index is 843. The van der Waals surface area contributed by atoms with Gasteiger partial charge < -0.3 is 4.57 Å². The first-order chi connectivity index (χ1) is 12.0. The minimum absolute atomic E-state index is 0.217. The van der Waals surface area contributed by atoms with E-state index in [-0.39, 0.29) is 5.82 Å². The van der Waals surface area contributed by atoms with Crippen LogP contribution in [-0.2, 0) is 19.6 Å². The van der Waals surface area contributed by atoms with Crippen molar-refractivity contribution in [1.29, 1.82) is 0 Å². The predicted molar refractivity (Wildman–Crippen MR) is 99.4 cm³/mol. The van der Waals surface area contributed by atoms with Gasteiger partial charge in [-0.2, -0.15) is 0 Å². The number of nitrogens with zero attached hydrogens (tertiary/aromatic N) is 3. The Hall–Kier alpha value is -1.88. The van der Waals surface area contributed by atoms with Gasteiger partial charge in [0.1, 0.15) is 11.6 Å². The summed E-state index contributed by atoms with van der Waals surface area (Å²) >= 11 is 12.1. The third-order valence-corrected chi connectivity index (χ3v) is 4.27. The van der Waals surface area contributed by atoms with Gasteiger partial charge in [-0.15, -0.1) is 0 Å². The first-order valence-electron chi connectivity index (χ1n) is 7.87. The maximum Gasteiger partial charge on any atom is 0.123 e. The van der Waals surface area contributed by atoms with E-state index < -0.39 is 0 Å². The van der Waals surface area contributed by atoms with Crippen molar-refractivity contribution in [2.75, 3.05) is 7.05 Å². The Morgan fingerprint density at radius 2 is 1.80 bits per heavy atom. The first kappa shape index (κ1) is 17.9. The molecule has 0 aliphatic rings. The number of imidazole rings is 1. The fourth-order valence-corrected chi connectivity index (χ4v) is 3.35. The van der Waals surface area contributed by atoms with E-state index >= 15 is 0 Å². The highest BCUT2D eigenvalue weighted by atomic mass is 35.5. The number of aromatic nitrogens is 2. The lowest BCUT2D eigenvalue weighted by molar-refractivity contribution is 0.305. The molecule has 0 spiro atoms. The van der Waals surface area contributed by atoms with Gasteiger partial charge in [0, 0.05) is 35.5 Å². The summed E-state index contributed by atoms with van der Waals surface area (Å²) in [6.07, 6.45) is 3.71. The molecule has 6 heteroatoms. The summed E-state index contributed by atoms with van der Waals surface area (Å²) in [4.78, 5) is 6.53. The smallest absolute Gasteiger partial charge is 0.123 e. The lowest BCUT2D eigenvalue weighted by atomic mass is 10.2. The lowest BCUT2D eigenvalue weighted by Crippen LogP contribution is -2.20. The van der Waals surface area contributed by atoms with Crippen LogP contribution in [0.4, 0.5) is 4.39 Å². The number of halogens is 3. The fourth-order valence-electron chi connectivity index (χ4n) is 2.78. The van der Waals surface area contributed by atoms with Gasteiger partial charge in [0.05, 0.1) is 6.54 Å². The Labute approximate surface area is 156 Å². The summed E-state index contributed by atoms with van der Waals surface area (Å²) in [7, 11) is 1.99. The third kappa shape index (κ3) is 5.05. The van der Waals surface area contributed by atoms with Crippen LogP contribution >= 0.6 is 23.2 Å². The molecule has 130 valence electrons. The second-order valence-electron chi connectivity index (χ2n) is 6.05. The van der Waals surface area contributed by atoms with E-state index in [1.54, 1.807) is 24.4 Å². The molecule has 1 heterocycles. The van der Waals surface area contributed by atoms with Crippen LogP contribution in [0.5, 0.6) is 0 Å². The summed E-state index contributed by atoms with van der Waals surface area (Å²) in [5.74, 6) is 0.709. The second-order valence-corrected chi connectivity index (χ2v) is 6.92. The Morgan fingerprint density at radius 3 is 2.52 bits per heavy atom. The average molecular weight is 378 g/mol. The molecule has 0 fully saturated rings. The number of rotatable bonds is 6. The third-order valence-electron chi connectivity index (χ3n) is 3.83. The molecule has 0 unspecified atom stereocenters. The monoisotopic (exact) mass is 377 g/mol. The van der Waals surface area contributed by atoms with E-state index in [1.165, 1.54) is 6.07 Å². The van der Waals surface area contributed by atoms with E-state index in [9.17, 15) is 4.39 Å². The summed E-state index contributed by atoms with van der Waals surface area (Å²) in [6.45, 7) is 1.94. The topological polar surface area (TPSA) is 21.1 Å². The first-order valence-corrected chi connectivity index (χ1v) is 8.63. The van der Waals surface area contributed by atoms with Crippen LogP contribution in [0.3, 0.4) is 0 Å². The molecule has 2 aromatic carbocycles. The molecule has 0 amide bonds. The number of hydrogen-bond acceptors (Lipinski definition) is 2. The number of hydrogen-bond donors (Lipinski definition) is 0. The highest BCUT2D eigenvalue weighted by Crippen LogP contribution is 2.20. The molecular weight excluding hydrogens is 360 g/mol. The van der Waals surface area contributed by atoms with Crippen molar-refractivity contribution >= 4 is 23.2 Å². The molecule has 0 aliphatic carbocycles. The highest BCUT2D eigenvalue weighted by Gasteiger charge is 2.09. The van der Waals surface area contributed by atoms with Crippen molar-refractivity contribution in [3.63, 3.8) is 0 Å². The quantitative estimate of drug-likeness (QED) is 0.601. The standard InChI is InChI=1S/C19H18Cl2FN3/c1-24(11-14-3-2-4-18(22)9-14)13-19-23-5-6-25(19)12-15-7-16(20)10-17(21)8-15/h2-10H,11-13H2,1H3. The largest absolute Gasteiger partial charge is 0.329 e. The molecule has 1 aromatic heterocycles. The van der Waals surface area contributed by atoms with Gasteiger partial charge in [-0.05, 0) is 48.5 Å². The van der Waals surface area contributed by atoms with Crippen molar-refractivity contribution in [3.8, 4) is 0 Å². The highest BCUT2D eigenvalue weighted by molar-refractivity contribution is 6.34. The molecule has 0 saturated carbocycles. The molecule has 0 atom stereocenters. The van der Waals surface area contributed by atoms with Crippen LogP contribution < -0.4 is 0 Å². The molecule has 3 aromatic rings. The fraction of sp³-hybridized carbons (Fsp3) is 0.211.